The fourth-order valence-electron chi connectivity index (χ4n) is 1.90. The van der Waals surface area contributed by atoms with Crippen LogP contribution in [0, 0.1) is 5.82 Å². The number of halogens is 2. The van der Waals surface area contributed by atoms with Crippen molar-refractivity contribution in [2.45, 2.75) is 25.3 Å². The van der Waals surface area contributed by atoms with Crippen LogP contribution in [0.1, 0.15) is 24.7 Å². The van der Waals surface area contributed by atoms with Crippen LogP contribution in [0.2, 0.25) is 0 Å². The fraction of sp³-hybridized carbons (Fsp3) is 0.286. The molecule has 100 valence electrons. The standard InChI is InChI=1S/C14H15BrFN3/c1-2-14(17,13-6-4-11(16)9-19-13)7-12-5-3-10(15)8-18-12/h3-6,8-9H,2,7,17H2,1H3. The average Bonchev–Trinajstić information content (AvgIpc) is 2.42. The van der Waals surface area contributed by atoms with Crippen LogP contribution in [-0.4, -0.2) is 9.97 Å². The van der Waals surface area contributed by atoms with Crippen LogP contribution in [0.15, 0.2) is 41.1 Å². The van der Waals surface area contributed by atoms with E-state index in [1.54, 1.807) is 12.3 Å². The monoisotopic (exact) mass is 323 g/mol. The summed E-state index contributed by atoms with van der Waals surface area (Å²) in [5.74, 6) is -0.357. The second kappa shape index (κ2) is 5.75. The van der Waals surface area contributed by atoms with E-state index in [9.17, 15) is 4.39 Å². The molecular formula is C14H15BrFN3. The second-order valence-corrected chi connectivity index (χ2v) is 5.43. The van der Waals surface area contributed by atoms with E-state index in [2.05, 4.69) is 25.9 Å². The number of hydrogen-bond acceptors (Lipinski definition) is 3. The Morgan fingerprint density at radius 2 is 2.00 bits per heavy atom. The van der Waals surface area contributed by atoms with E-state index < -0.39 is 5.54 Å². The molecule has 0 aliphatic carbocycles. The van der Waals surface area contributed by atoms with E-state index in [4.69, 9.17) is 5.73 Å². The van der Waals surface area contributed by atoms with Gasteiger partial charge in [0, 0.05) is 22.8 Å². The number of pyridine rings is 2. The minimum absolute atomic E-state index is 0.357. The summed E-state index contributed by atoms with van der Waals surface area (Å²) in [4.78, 5) is 8.42. The van der Waals surface area contributed by atoms with E-state index in [-0.39, 0.29) is 5.82 Å². The number of nitrogens with zero attached hydrogens (tertiary/aromatic N) is 2. The van der Waals surface area contributed by atoms with Gasteiger partial charge in [0.1, 0.15) is 5.82 Å². The molecule has 0 amide bonds. The van der Waals surface area contributed by atoms with Gasteiger partial charge in [-0.1, -0.05) is 6.92 Å². The summed E-state index contributed by atoms with van der Waals surface area (Å²) < 4.78 is 13.9. The molecule has 2 aromatic rings. The zero-order valence-corrected chi connectivity index (χ0v) is 12.2. The van der Waals surface area contributed by atoms with Crippen molar-refractivity contribution in [2.24, 2.45) is 5.73 Å². The highest BCUT2D eigenvalue weighted by Crippen LogP contribution is 2.24. The molecule has 0 saturated heterocycles. The maximum Gasteiger partial charge on any atom is 0.141 e. The van der Waals surface area contributed by atoms with Crippen LogP contribution in [-0.2, 0) is 12.0 Å². The van der Waals surface area contributed by atoms with Gasteiger partial charge in [0.05, 0.1) is 17.4 Å². The Kier molecular flexibility index (Phi) is 4.27. The van der Waals surface area contributed by atoms with Gasteiger partial charge in [0.15, 0.2) is 0 Å². The molecule has 0 aliphatic heterocycles. The van der Waals surface area contributed by atoms with Crippen LogP contribution in [0.5, 0.6) is 0 Å². The van der Waals surface area contributed by atoms with E-state index >= 15 is 0 Å². The Morgan fingerprint density at radius 1 is 1.21 bits per heavy atom. The van der Waals surface area contributed by atoms with Crippen LogP contribution >= 0.6 is 15.9 Å². The van der Waals surface area contributed by atoms with Crippen LogP contribution in [0.3, 0.4) is 0 Å². The lowest BCUT2D eigenvalue weighted by Crippen LogP contribution is -2.39. The lowest BCUT2D eigenvalue weighted by molar-refractivity contribution is 0.406. The quantitative estimate of drug-likeness (QED) is 0.940. The first-order chi connectivity index (χ1) is 9.03. The minimum atomic E-state index is -0.630. The molecule has 0 fully saturated rings. The molecule has 1 unspecified atom stereocenters. The number of hydrogen-bond donors (Lipinski definition) is 1. The van der Waals surface area contributed by atoms with Gasteiger partial charge in [-0.15, -0.1) is 0 Å². The highest BCUT2D eigenvalue weighted by atomic mass is 79.9. The predicted octanol–water partition coefficient (Wildman–Crippen LogP) is 3.18. The third-order valence-electron chi connectivity index (χ3n) is 3.15. The summed E-state index contributed by atoms with van der Waals surface area (Å²) in [6.07, 6.45) is 4.20. The van der Waals surface area contributed by atoms with Crippen molar-refractivity contribution in [1.29, 1.82) is 0 Å². The first-order valence-electron chi connectivity index (χ1n) is 6.05. The summed E-state index contributed by atoms with van der Waals surface area (Å²) in [5, 5.41) is 0. The summed E-state index contributed by atoms with van der Waals surface area (Å²) in [5.41, 5.74) is 7.34. The Morgan fingerprint density at radius 3 is 2.53 bits per heavy atom. The van der Waals surface area contributed by atoms with Crippen LogP contribution < -0.4 is 5.73 Å². The molecule has 5 heteroatoms. The highest BCUT2D eigenvalue weighted by Gasteiger charge is 2.27. The summed E-state index contributed by atoms with van der Waals surface area (Å²) >= 11 is 3.35. The first-order valence-corrected chi connectivity index (χ1v) is 6.84. The number of nitrogens with two attached hydrogens (primary N) is 1. The molecule has 1 atom stereocenters. The number of aromatic nitrogens is 2. The van der Waals surface area contributed by atoms with Gasteiger partial charge in [-0.2, -0.15) is 0 Å². The van der Waals surface area contributed by atoms with Gasteiger partial charge in [-0.3, -0.25) is 9.97 Å². The van der Waals surface area contributed by atoms with Crippen LogP contribution in [0.25, 0.3) is 0 Å². The van der Waals surface area contributed by atoms with E-state index in [0.29, 0.717) is 18.5 Å². The lowest BCUT2D eigenvalue weighted by Gasteiger charge is -2.27. The molecule has 0 saturated carbocycles. The molecule has 2 aromatic heterocycles. The van der Waals surface area contributed by atoms with Gasteiger partial charge in [0.2, 0.25) is 0 Å². The SMILES string of the molecule is CCC(N)(Cc1ccc(Br)cn1)c1ccc(F)cn1. The first kappa shape index (κ1) is 14.1. The topological polar surface area (TPSA) is 51.8 Å². The maximum atomic E-state index is 12.9. The third-order valence-corrected chi connectivity index (χ3v) is 3.62. The Labute approximate surface area is 120 Å². The normalized spacial score (nSPS) is 14.1. The van der Waals surface area contributed by atoms with E-state index in [1.165, 1.54) is 12.3 Å². The van der Waals surface area contributed by atoms with Gasteiger partial charge in [-0.25, -0.2) is 4.39 Å². The largest absolute Gasteiger partial charge is 0.320 e. The van der Waals surface area contributed by atoms with Gasteiger partial charge in [0.25, 0.3) is 0 Å². The molecule has 0 bridgehead atoms. The van der Waals surface area contributed by atoms with Crippen molar-refractivity contribution in [3.8, 4) is 0 Å². The van der Waals surface area contributed by atoms with Crippen molar-refractivity contribution in [3.05, 3.63) is 58.3 Å². The molecule has 3 nitrogen and oxygen atoms in total. The zero-order valence-electron chi connectivity index (χ0n) is 10.6. The highest BCUT2D eigenvalue weighted by molar-refractivity contribution is 9.10. The van der Waals surface area contributed by atoms with E-state index in [0.717, 1.165) is 10.2 Å². The van der Waals surface area contributed by atoms with Crippen molar-refractivity contribution in [3.63, 3.8) is 0 Å². The summed E-state index contributed by atoms with van der Waals surface area (Å²) in [7, 11) is 0. The summed E-state index contributed by atoms with van der Waals surface area (Å²) in [6.45, 7) is 1.99. The smallest absolute Gasteiger partial charge is 0.141 e. The minimum Gasteiger partial charge on any atom is -0.320 e. The molecule has 0 aromatic carbocycles. The molecule has 0 radical (unpaired) electrons. The number of rotatable bonds is 4. The summed E-state index contributed by atoms with van der Waals surface area (Å²) in [6, 6.07) is 6.87. The predicted molar refractivity (Wildman–Crippen MR) is 76.0 cm³/mol. The Bertz CT molecular complexity index is 542. The average molecular weight is 324 g/mol. The Balaban J connectivity index is 2.27. The molecule has 2 heterocycles. The molecule has 2 rings (SSSR count). The molecule has 2 N–H and O–H groups in total. The van der Waals surface area contributed by atoms with Crippen molar-refractivity contribution in [2.75, 3.05) is 0 Å². The van der Waals surface area contributed by atoms with Gasteiger partial charge in [-0.05, 0) is 46.6 Å². The van der Waals surface area contributed by atoms with Gasteiger partial charge >= 0.3 is 0 Å². The van der Waals surface area contributed by atoms with E-state index in [1.807, 2.05) is 19.1 Å². The lowest BCUT2D eigenvalue weighted by atomic mass is 9.87. The third kappa shape index (κ3) is 3.36. The molecule has 0 aliphatic rings. The maximum absolute atomic E-state index is 12.9. The van der Waals surface area contributed by atoms with Crippen LogP contribution in [0.4, 0.5) is 4.39 Å². The van der Waals surface area contributed by atoms with Crippen molar-refractivity contribution in [1.82, 2.24) is 9.97 Å². The zero-order chi connectivity index (χ0) is 13.9. The Hall–Kier alpha value is -1.33. The van der Waals surface area contributed by atoms with Crippen molar-refractivity contribution < 1.29 is 4.39 Å². The molecule has 0 spiro atoms. The second-order valence-electron chi connectivity index (χ2n) is 4.52. The van der Waals surface area contributed by atoms with Gasteiger partial charge < -0.3 is 5.73 Å². The molecular weight excluding hydrogens is 309 g/mol. The molecule has 19 heavy (non-hydrogen) atoms. The fourth-order valence-corrected chi connectivity index (χ4v) is 2.14. The van der Waals surface area contributed by atoms with Crippen molar-refractivity contribution >= 4 is 15.9 Å².